The highest BCUT2D eigenvalue weighted by atomic mass is 31.1. The maximum atomic E-state index is 11.8. The molecule has 0 bridgehead atoms. The molecule has 6 nitrogen and oxygen atoms in total. The quantitative estimate of drug-likeness (QED) is 0.570. The molecule has 0 radical (unpaired) electrons. The van der Waals surface area contributed by atoms with Crippen LogP contribution >= 0.6 is 8.46 Å². The van der Waals surface area contributed by atoms with Gasteiger partial charge in [-0.15, -0.1) is 0 Å². The van der Waals surface area contributed by atoms with Gasteiger partial charge in [-0.1, -0.05) is 45.9 Å². The number of rotatable bonds is 8. The lowest BCUT2D eigenvalue weighted by Crippen LogP contribution is -2.40. The van der Waals surface area contributed by atoms with Gasteiger partial charge in [-0.3, -0.25) is 14.2 Å². The van der Waals surface area contributed by atoms with Gasteiger partial charge in [-0.05, 0) is 46.8 Å². The number of carbonyl (C=O) groups excluding carboxylic acids is 1. The van der Waals surface area contributed by atoms with Crippen LogP contribution in [0.2, 0.25) is 0 Å². The summed E-state index contributed by atoms with van der Waals surface area (Å²) in [4.78, 5) is 22.7. The number of primary amides is 1. The van der Waals surface area contributed by atoms with E-state index in [2.05, 4.69) is 27.7 Å². The van der Waals surface area contributed by atoms with Crippen LogP contribution in [-0.2, 0) is 31.4 Å². The summed E-state index contributed by atoms with van der Waals surface area (Å²) in [5, 5.41) is 18.4. The van der Waals surface area contributed by atoms with Gasteiger partial charge in [0, 0.05) is 12.8 Å². The zero-order chi connectivity index (χ0) is 21.3. The number of carboxylic acids is 1. The molecule has 0 aliphatic heterocycles. The Kier molecular flexibility index (Phi) is 6.37. The first-order valence-electron chi connectivity index (χ1n) is 9.54. The summed E-state index contributed by atoms with van der Waals surface area (Å²) in [6.45, 7) is 8.76. The number of amides is 1. The Hall–Kier alpha value is -1.78. The average Bonchev–Trinajstić information content (AvgIpc) is 2.58. The van der Waals surface area contributed by atoms with Crippen LogP contribution in [-0.4, -0.2) is 27.4 Å². The molecule has 4 N–H and O–H groups in total. The zero-order valence-electron chi connectivity index (χ0n) is 17.0. The highest BCUT2D eigenvalue weighted by Crippen LogP contribution is 2.46. The first kappa shape index (κ1) is 22.5. The SMILES string of the molecule is CC1(C)CCC(C)(C)c2cc(CC(O)(P=O)C(CCC(N)=O)C(=O)O)ccc21. The molecule has 0 saturated heterocycles. The monoisotopic (exact) mass is 407 g/mol. The molecule has 0 fully saturated rings. The number of hydrogen-bond acceptors (Lipinski definition) is 4. The third-order valence-corrected chi connectivity index (χ3v) is 6.86. The predicted molar refractivity (Wildman–Crippen MR) is 108 cm³/mol. The Morgan fingerprint density at radius 1 is 1.18 bits per heavy atom. The molecule has 2 rings (SSSR count). The molecule has 0 saturated carbocycles. The Morgan fingerprint density at radius 2 is 1.75 bits per heavy atom. The van der Waals surface area contributed by atoms with E-state index in [0.717, 1.165) is 18.4 Å². The molecule has 2 atom stereocenters. The van der Waals surface area contributed by atoms with Gasteiger partial charge in [0.2, 0.25) is 5.91 Å². The number of fused-ring (bicyclic) bond motifs is 1. The maximum absolute atomic E-state index is 11.8. The molecule has 0 aromatic heterocycles. The van der Waals surface area contributed by atoms with E-state index in [0.29, 0.717) is 0 Å². The van der Waals surface area contributed by atoms with Crippen LogP contribution < -0.4 is 5.73 Å². The number of aliphatic carboxylic acids is 1. The Balaban J connectivity index is 2.40. The van der Waals surface area contributed by atoms with Crippen molar-refractivity contribution >= 4 is 20.3 Å². The Morgan fingerprint density at radius 3 is 2.25 bits per heavy atom. The molecule has 28 heavy (non-hydrogen) atoms. The second-order valence-electron chi connectivity index (χ2n) is 9.19. The predicted octanol–water partition coefficient (Wildman–Crippen LogP) is 3.52. The number of nitrogens with two attached hydrogens (primary N) is 1. The van der Waals surface area contributed by atoms with Crippen molar-refractivity contribution in [3.8, 4) is 0 Å². The third-order valence-electron chi connectivity index (χ3n) is 6.08. The molecule has 0 spiro atoms. The fourth-order valence-corrected chi connectivity index (χ4v) is 4.72. The first-order valence-corrected chi connectivity index (χ1v) is 10.4. The number of carboxylic acid groups (broad SMARTS) is 1. The summed E-state index contributed by atoms with van der Waals surface area (Å²) in [5.41, 5.74) is 8.27. The molecular weight excluding hydrogens is 377 g/mol. The van der Waals surface area contributed by atoms with Crippen molar-refractivity contribution in [2.45, 2.75) is 76.0 Å². The highest BCUT2D eigenvalue weighted by molar-refractivity contribution is 7.25. The zero-order valence-corrected chi connectivity index (χ0v) is 17.9. The van der Waals surface area contributed by atoms with Gasteiger partial charge in [0.1, 0.15) is 0 Å². The lowest BCUT2D eigenvalue weighted by Gasteiger charge is -2.42. The topological polar surface area (TPSA) is 118 Å². The van der Waals surface area contributed by atoms with Crippen LogP contribution in [0, 0.1) is 5.92 Å². The lowest BCUT2D eigenvalue weighted by molar-refractivity contribution is -0.147. The lowest BCUT2D eigenvalue weighted by atomic mass is 9.63. The maximum Gasteiger partial charge on any atom is 0.310 e. The van der Waals surface area contributed by atoms with Crippen LogP contribution in [0.15, 0.2) is 18.2 Å². The first-order chi connectivity index (χ1) is 12.8. The standard InChI is InChI=1S/C21H30NO5P/c1-19(2)9-10-20(3,4)16-11-13(5-6-14(16)19)12-21(26,28-27)15(18(24)25)7-8-17(22)23/h5-6,11,15,26H,7-10,12H2,1-4H3,(H2,22,23)(H,24,25). The van der Waals surface area contributed by atoms with Crippen molar-refractivity contribution < 1.29 is 24.4 Å². The molecule has 1 aliphatic rings. The summed E-state index contributed by atoms with van der Waals surface area (Å²) in [6.07, 6.45) is 1.65. The number of carbonyl (C=O) groups is 2. The summed E-state index contributed by atoms with van der Waals surface area (Å²) >= 11 is 0. The van der Waals surface area contributed by atoms with Crippen LogP contribution in [0.1, 0.15) is 70.1 Å². The molecule has 7 heteroatoms. The van der Waals surface area contributed by atoms with Gasteiger partial charge >= 0.3 is 5.97 Å². The molecule has 1 amide bonds. The van der Waals surface area contributed by atoms with E-state index < -0.39 is 31.6 Å². The largest absolute Gasteiger partial charge is 0.481 e. The van der Waals surface area contributed by atoms with Crippen molar-refractivity contribution in [1.29, 1.82) is 0 Å². The summed E-state index contributed by atoms with van der Waals surface area (Å²) < 4.78 is 11.8. The average molecular weight is 407 g/mol. The number of aliphatic hydroxyl groups is 1. The Bertz CT molecular complexity index is 789. The van der Waals surface area contributed by atoms with E-state index in [1.54, 1.807) is 0 Å². The molecule has 1 aromatic carbocycles. The fraction of sp³-hybridized carbons (Fsp3) is 0.619. The fourth-order valence-electron chi connectivity index (χ4n) is 4.10. The van der Waals surface area contributed by atoms with E-state index in [9.17, 15) is 24.4 Å². The van der Waals surface area contributed by atoms with Crippen molar-refractivity contribution in [3.05, 3.63) is 34.9 Å². The minimum absolute atomic E-state index is 0.0354. The van der Waals surface area contributed by atoms with Crippen LogP contribution in [0.5, 0.6) is 0 Å². The van der Waals surface area contributed by atoms with E-state index in [1.165, 1.54) is 11.1 Å². The minimum atomic E-state index is -2.01. The van der Waals surface area contributed by atoms with Gasteiger partial charge in [0.05, 0.1) is 5.92 Å². The van der Waals surface area contributed by atoms with Crippen molar-refractivity contribution in [3.63, 3.8) is 0 Å². The van der Waals surface area contributed by atoms with Gasteiger partial charge < -0.3 is 15.9 Å². The van der Waals surface area contributed by atoms with Gasteiger partial charge in [-0.2, -0.15) is 0 Å². The van der Waals surface area contributed by atoms with Crippen LogP contribution in [0.4, 0.5) is 0 Å². The van der Waals surface area contributed by atoms with Crippen LogP contribution in [0.25, 0.3) is 0 Å². The molecule has 2 unspecified atom stereocenters. The van der Waals surface area contributed by atoms with E-state index in [1.807, 2.05) is 18.2 Å². The highest BCUT2D eigenvalue weighted by Gasteiger charge is 2.44. The second-order valence-corrected chi connectivity index (χ2v) is 10.1. The van der Waals surface area contributed by atoms with Crippen molar-refractivity contribution in [1.82, 2.24) is 0 Å². The molecule has 1 aliphatic carbocycles. The van der Waals surface area contributed by atoms with Crippen molar-refractivity contribution in [2.75, 3.05) is 0 Å². The number of hydrogen-bond donors (Lipinski definition) is 3. The second kappa shape index (κ2) is 7.92. The third kappa shape index (κ3) is 4.61. The normalized spacial score (nSPS) is 20.8. The van der Waals surface area contributed by atoms with E-state index >= 15 is 0 Å². The van der Waals surface area contributed by atoms with E-state index in [-0.39, 0.29) is 30.1 Å². The molecule has 0 heterocycles. The van der Waals surface area contributed by atoms with Crippen LogP contribution in [0.3, 0.4) is 0 Å². The van der Waals surface area contributed by atoms with Crippen molar-refractivity contribution in [2.24, 2.45) is 11.7 Å². The van der Waals surface area contributed by atoms with Gasteiger partial charge in [-0.25, -0.2) is 0 Å². The summed E-state index contributed by atoms with van der Waals surface area (Å²) in [7, 11) is -0.687. The molecular formula is C21H30NO5P. The smallest absolute Gasteiger partial charge is 0.310 e. The molecule has 1 aromatic rings. The van der Waals surface area contributed by atoms with E-state index in [4.69, 9.17) is 5.73 Å². The van der Waals surface area contributed by atoms with Gasteiger partial charge in [0.15, 0.2) is 13.8 Å². The van der Waals surface area contributed by atoms with Gasteiger partial charge in [0.25, 0.3) is 0 Å². The molecule has 154 valence electrons. The summed E-state index contributed by atoms with van der Waals surface area (Å²) in [6, 6.07) is 5.90. The minimum Gasteiger partial charge on any atom is -0.481 e. The Labute approximate surface area is 167 Å². The number of benzene rings is 1. The summed E-state index contributed by atoms with van der Waals surface area (Å²) in [5.74, 6) is -3.32.